The van der Waals surface area contributed by atoms with Gasteiger partial charge < -0.3 is 14.6 Å². The van der Waals surface area contributed by atoms with Crippen LogP contribution in [0, 0.1) is 11.3 Å². The van der Waals surface area contributed by atoms with Crippen LogP contribution in [0.25, 0.3) is 10.9 Å². The quantitative estimate of drug-likeness (QED) is 0.627. The van der Waals surface area contributed by atoms with Crippen molar-refractivity contribution in [1.29, 1.82) is 5.26 Å². The predicted octanol–water partition coefficient (Wildman–Crippen LogP) is 4.89. The van der Waals surface area contributed by atoms with Gasteiger partial charge in [0.15, 0.2) is 0 Å². The fourth-order valence-corrected chi connectivity index (χ4v) is 3.12. The molecule has 1 aromatic heterocycles. The summed E-state index contributed by atoms with van der Waals surface area (Å²) in [5, 5.41) is 9.91. The molecule has 0 aliphatic heterocycles. The Labute approximate surface area is 160 Å². The van der Waals surface area contributed by atoms with E-state index in [1.165, 1.54) is 0 Å². The van der Waals surface area contributed by atoms with Gasteiger partial charge in [-0.15, -0.1) is 0 Å². The second-order valence-corrected chi connectivity index (χ2v) is 6.62. The van der Waals surface area contributed by atoms with Crippen LogP contribution in [-0.4, -0.2) is 24.0 Å². The molecule has 0 aliphatic carbocycles. The molecule has 1 N–H and O–H groups in total. The molecule has 132 valence electrons. The van der Waals surface area contributed by atoms with E-state index >= 15 is 0 Å². The third kappa shape index (κ3) is 3.89. The molecular weight excluding hydrogens is 394 g/mol. The number of anilines is 1. The van der Waals surface area contributed by atoms with Crippen molar-refractivity contribution < 1.29 is 9.53 Å². The topological polar surface area (TPSA) is 69.1 Å². The second kappa shape index (κ2) is 8.07. The lowest BCUT2D eigenvalue weighted by molar-refractivity contribution is 0.0983. The van der Waals surface area contributed by atoms with Crippen LogP contribution < -0.4 is 9.64 Å². The molecule has 0 atom stereocenters. The molecule has 26 heavy (non-hydrogen) atoms. The summed E-state index contributed by atoms with van der Waals surface area (Å²) in [5.74, 6) is 0.580. The highest BCUT2D eigenvalue weighted by molar-refractivity contribution is 9.10. The van der Waals surface area contributed by atoms with Crippen LogP contribution in [-0.2, 0) is 0 Å². The molecule has 0 unspecified atom stereocenters. The molecule has 5 nitrogen and oxygen atoms in total. The number of carbonyl (C=O) groups excluding carboxylic acids is 1. The molecular formula is C20H18BrN3O2. The van der Waals surface area contributed by atoms with Gasteiger partial charge in [0.25, 0.3) is 5.91 Å². The average Bonchev–Trinajstić information content (AvgIpc) is 3.06. The van der Waals surface area contributed by atoms with Gasteiger partial charge in [0, 0.05) is 27.6 Å². The Morgan fingerprint density at radius 1 is 1.23 bits per heavy atom. The fraction of sp³-hybridized carbons (Fsp3) is 0.200. The summed E-state index contributed by atoms with van der Waals surface area (Å²) >= 11 is 3.43. The highest BCUT2D eigenvalue weighted by Crippen LogP contribution is 2.24. The van der Waals surface area contributed by atoms with E-state index in [1.807, 2.05) is 55.5 Å². The number of H-pyrrole nitrogens is 1. The van der Waals surface area contributed by atoms with Crippen LogP contribution in [0.5, 0.6) is 5.75 Å². The molecule has 6 heteroatoms. The van der Waals surface area contributed by atoms with Crippen LogP contribution in [0.3, 0.4) is 0 Å². The van der Waals surface area contributed by atoms with Gasteiger partial charge in [-0.3, -0.25) is 4.79 Å². The summed E-state index contributed by atoms with van der Waals surface area (Å²) in [6.07, 6.45) is 0.255. The van der Waals surface area contributed by atoms with Crippen LogP contribution in [0.4, 0.5) is 5.69 Å². The standard InChI is InChI=1S/C20H18BrN3O2/c1-2-26-17-8-6-16(7-9-17)24(11-3-10-22)20(25)19-12-14-4-5-15(21)13-18(14)23-19/h4-9,12-13,23H,2-3,11H2,1H3. The SMILES string of the molecule is CCOc1ccc(N(CCC#N)C(=O)c2cc3ccc(Br)cc3[nH]2)cc1. The van der Waals surface area contributed by atoms with Gasteiger partial charge in [-0.2, -0.15) is 5.26 Å². The van der Waals surface area contributed by atoms with E-state index in [2.05, 4.69) is 27.0 Å². The first kappa shape index (κ1) is 18.0. The number of halogens is 1. The van der Waals surface area contributed by atoms with Gasteiger partial charge in [0.05, 0.1) is 19.1 Å². The molecule has 0 aliphatic rings. The number of aromatic amines is 1. The van der Waals surface area contributed by atoms with Crippen LogP contribution >= 0.6 is 15.9 Å². The molecule has 1 heterocycles. The molecule has 3 aromatic rings. The number of nitriles is 1. The van der Waals surface area contributed by atoms with Crippen molar-refractivity contribution in [2.24, 2.45) is 0 Å². The number of carbonyl (C=O) groups is 1. The van der Waals surface area contributed by atoms with Gasteiger partial charge in [-0.05, 0) is 49.4 Å². The third-order valence-electron chi connectivity index (χ3n) is 3.97. The van der Waals surface area contributed by atoms with E-state index in [4.69, 9.17) is 10.00 Å². The zero-order valence-corrected chi connectivity index (χ0v) is 15.9. The molecule has 0 saturated heterocycles. The molecule has 2 aromatic carbocycles. The first-order valence-corrected chi connectivity index (χ1v) is 9.11. The zero-order valence-electron chi connectivity index (χ0n) is 14.3. The van der Waals surface area contributed by atoms with Crippen molar-refractivity contribution in [3.05, 3.63) is 58.7 Å². The van der Waals surface area contributed by atoms with Crippen molar-refractivity contribution in [3.8, 4) is 11.8 Å². The number of hydrogen-bond acceptors (Lipinski definition) is 3. The number of hydrogen-bond donors (Lipinski definition) is 1. The van der Waals surface area contributed by atoms with Gasteiger partial charge in [-0.25, -0.2) is 0 Å². The lowest BCUT2D eigenvalue weighted by atomic mass is 10.2. The van der Waals surface area contributed by atoms with E-state index in [1.54, 1.807) is 4.90 Å². The van der Waals surface area contributed by atoms with Crippen LogP contribution in [0.1, 0.15) is 23.8 Å². The van der Waals surface area contributed by atoms with Crippen molar-refractivity contribution in [2.45, 2.75) is 13.3 Å². The third-order valence-corrected chi connectivity index (χ3v) is 4.46. The summed E-state index contributed by atoms with van der Waals surface area (Å²) < 4.78 is 6.39. The van der Waals surface area contributed by atoms with Crippen LogP contribution in [0.15, 0.2) is 53.0 Å². The van der Waals surface area contributed by atoms with E-state index in [0.717, 1.165) is 26.8 Å². The summed E-state index contributed by atoms with van der Waals surface area (Å²) in [6.45, 7) is 2.83. The van der Waals surface area contributed by atoms with Crippen molar-refractivity contribution in [1.82, 2.24) is 4.98 Å². The maximum Gasteiger partial charge on any atom is 0.274 e. The fourth-order valence-electron chi connectivity index (χ4n) is 2.76. The Morgan fingerprint density at radius 2 is 2.00 bits per heavy atom. The van der Waals surface area contributed by atoms with Crippen molar-refractivity contribution in [2.75, 3.05) is 18.1 Å². The van der Waals surface area contributed by atoms with Crippen molar-refractivity contribution in [3.63, 3.8) is 0 Å². The zero-order chi connectivity index (χ0) is 18.5. The first-order valence-electron chi connectivity index (χ1n) is 8.32. The van der Waals surface area contributed by atoms with Gasteiger partial charge in [-0.1, -0.05) is 22.0 Å². The molecule has 1 amide bonds. The number of fused-ring (bicyclic) bond motifs is 1. The molecule has 0 spiro atoms. The van der Waals surface area contributed by atoms with E-state index in [-0.39, 0.29) is 12.3 Å². The smallest absolute Gasteiger partial charge is 0.274 e. The van der Waals surface area contributed by atoms with Crippen molar-refractivity contribution >= 4 is 38.4 Å². The number of ether oxygens (including phenoxy) is 1. The number of nitrogens with zero attached hydrogens (tertiary/aromatic N) is 2. The monoisotopic (exact) mass is 411 g/mol. The lowest BCUT2D eigenvalue weighted by Gasteiger charge is -2.21. The molecule has 3 rings (SSSR count). The summed E-state index contributed by atoms with van der Waals surface area (Å²) in [5.41, 5.74) is 2.10. The first-order chi connectivity index (χ1) is 12.6. The Balaban J connectivity index is 1.92. The predicted molar refractivity (Wildman–Crippen MR) is 106 cm³/mol. The molecule has 0 radical (unpaired) electrons. The molecule has 0 fully saturated rings. The van der Waals surface area contributed by atoms with Gasteiger partial charge >= 0.3 is 0 Å². The largest absolute Gasteiger partial charge is 0.494 e. The summed E-state index contributed by atoms with van der Waals surface area (Å²) in [6, 6.07) is 17.1. The Bertz CT molecular complexity index is 957. The summed E-state index contributed by atoms with van der Waals surface area (Å²) in [4.78, 5) is 17.8. The normalized spacial score (nSPS) is 10.5. The minimum Gasteiger partial charge on any atom is -0.494 e. The number of rotatable bonds is 6. The maximum absolute atomic E-state index is 13.1. The molecule has 0 saturated carbocycles. The number of nitrogens with one attached hydrogen (secondary N) is 1. The highest BCUT2D eigenvalue weighted by Gasteiger charge is 2.19. The van der Waals surface area contributed by atoms with Gasteiger partial charge in [0.2, 0.25) is 0 Å². The van der Waals surface area contributed by atoms with E-state index < -0.39 is 0 Å². The Morgan fingerprint density at radius 3 is 2.69 bits per heavy atom. The number of aromatic nitrogens is 1. The Kier molecular flexibility index (Phi) is 5.59. The number of amides is 1. The van der Waals surface area contributed by atoms with Crippen LogP contribution in [0.2, 0.25) is 0 Å². The summed E-state index contributed by atoms with van der Waals surface area (Å²) in [7, 11) is 0. The highest BCUT2D eigenvalue weighted by atomic mass is 79.9. The second-order valence-electron chi connectivity index (χ2n) is 5.71. The van der Waals surface area contributed by atoms with E-state index in [9.17, 15) is 4.79 Å². The number of benzene rings is 2. The molecule has 0 bridgehead atoms. The average molecular weight is 412 g/mol. The minimum atomic E-state index is -0.170. The van der Waals surface area contributed by atoms with E-state index in [0.29, 0.717) is 18.8 Å². The maximum atomic E-state index is 13.1. The minimum absolute atomic E-state index is 0.170. The Hall–Kier alpha value is -2.78. The van der Waals surface area contributed by atoms with Gasteiger partial charge in [0.1, 0.15) is 11.4 Å². The lowest BCUT2D eigenvalue weighted by Crippen LogP contribution is -2.32.